The van der Waals surface area contributed by atoms with E-state index in [1.165, 1.54) is 6.92 Å². The van der Waals surface area contributed by atoms with Crippen LogP contribution >= 0.6 is 0 Å². The SMILES string of the molecule is CC(C)n1nccc1C(C)(O)C=O. The van der Waals surface area contributed by atoms with Gasteiger partial charge in [0.05, 0.1) is 5.69 Å². The van der Waals surface area contributed by atoms with Gasteiger partial charge in [-0.15, -0.1) is 0 Å². The molecule has 72 valence electrons. The van der Waals surface area contributed by atoms with Crippen LogP contribution in [0.4, 0.5) is 0 Å². The molecule has 1 aromatic rings. The van der Waals surface area contributed by atoms with Gasteiger partial charge in [0.2, 0.25) is 0 Å². The summed E-state index contributed by atoms with van der Waals surface area (Å²) in [5, 5.41) is 13.7. The van der Waals surface area contributed by atoms with Crippen LogP contribution in [0.25, 0.3) is 0 Å². The maximum absolute atomic E-state index is 10.6. The highest BCUT2D eigenvalue weighted by Gasteiger charge is 2.26. The van der Waals surface area contributed by atoms with Gasteiger partial charge in [0.25, 0.3) is 0 Å². The van der Waals surface area contributed by atoms with Crippen LogP contribution < -0.4 is 0 Å². The van der Waals surface area contributed by atoms with E-state index in [1.54, 1.807) is 16.9 Å². The smallest absolute Gasteiger partial charge is 0.158 e. The molecule has 1 N–H and O–H groups in total. The van der Waals surface area contributed by atoms with Gasteiger partial charge in [0, 0.05) is 12.2 Å². The lowest BCUT2D eigenvalue weighted by molar-refractivity contribution is -0.123. The van der Waals surface area contributed by atoms with Crippen molar-refractivity contribution in [3.8, 4) is 0 Å². The maximum atomic E-state index is 10.6. The Kier molecular flexibility index (Phi) is 2.52. The molecular weight excluding hydrogens is 168 g/mol. The van der Waals surface area contributed by atoms with Gasteiger partial charge in [0.15, 0.2) is 11.9 Å². The molecule has 0 radical (unpaired) electrons. The topological polar surface area (TPSA) is 55.1 Å². The molecule has 4 heteroatoms. The van der Waals surface area contributed by atoms with E-state index in [1.807, 2.05) is 13.8 Å². The minimum absolute atomic E-state index is 0.136. The van der Waals surface area contributed by atoms with Gasteiger partial charge < -0.3 is 5.11 Å². The molecule has 0 spiro atoms. The third kappa shape index (κ3) is 1.78. The predicted molar refractivity (Wildman–Crippen MR) is 48.2 cm³/mol. The fraction of sp³-hybridized carbons (Fsp3) is 0.556. The fourth-order valence-corrected chi connectivity index (χ4v) is 1.19. The summed E-state index contributed by atoms with van der Waals surface area (Å²) in [7, 11) is 0. The number of hydrogen-bond acceptors (Lipinski definition) is 3. The van der Waals surface area contributed by atoms with E-state index in [4.69, 9.17) is 0 Å². The van der Waals surface area contributed by atoms with Gasteiger partial charge >= 0.3 is 0 Å². The van der Waals surface area contributed by atoms with Crippen LogP contribution in [0, 0.1) is 0 Å². The summed E-state index contributed by atoms with van der Waals surface area (Å²) in [5.41, 5.74) is -0.918. The molecule has 0 amide bonds. The first-order valence-electron chi connectivity index (χ1n) is 4.21. The van der Waals surface area contributed by atoms with Gasteiger partial charge in [-0.3, -0.25) is 9.48 Å². The second-order valence-corrected chi connectivity index (χ2v) is 3.52. The average molecular weight is 182 g/mol. The Morgan fingerprint density at radius 1 is 1.69 bits per heavy atom. The van der Waals surface area contributed by atoms with E-state index in [9.17, 15) is 9.90 Å². The van der Waals surface area contributed by atoms with Crippen molar-refractivity contribution in [2.75, 3.05) is 0 Å². The summed E-state index contributed by atoms with van der Waals surface area (Å²) in [6.07, 6.45) is 2.09. The number of aliphatic hydroxyl groups is 1. The van der Waals surface area contributed by atoms with Gasteiger partial charge in [-0.25, -0.2) is 0 Å². The van der Waals surface area contributed by atoms with Gasteiger partial charge in [-0.05, 0) is 26.8 Å². The fourth-order valence-electron chi connectivity index (χ4n) is 1.19. The Balaban J connectivity index is 3.14. The van der Waals surface area contributed by atoms with E-state index < -0.39 is 5.60 Å². The normalized spacial score (nSPS) is 15.8. The van der Waals surface area contributed by atoms with E-state index in [-0.39, 0.29) is 6.04 Å². The zero-order valence-electron chi connectivity index (χ0n) is 8.06. The van der Waals surface area contributed by atoms with Crippen molar-refractivity contribution in [3.05, 3.63) is 18.0 Å². The first-order chi connectivity index (χ1) is 5.99. The van der Waals surface area contributed by atoms with Crippen LogP contribution in [0.1, 0.15) is 32.5 Å². The minimum atomic E-state index is -1.44. The molecule has 1 aromatic heterocycles. The number of carbonyl (C=O) groups is 1. The maximum Gasteiger partial charge on any atom is 0.158 e. The molecule has 1 unspecified atom stereocenters. The molecular formula is C9H14N2O2. The van der Waals surface area contributed by atoms with Crippen molar-refractivity contribution in [2.24, 2.45) is 0 Å². The van der Waals surface area contributed by atoms with Crippen LogP contribution in [-0.2, 0) is 10.4 Å². The molecule has 13 heavy (non-hydrogen) atoms. The highest BCUT2D eigenvalue weighted by atomic mass is 16.3. The second-order valence-electron chi connectivity index (χ2n) is 3.52. The monoisotopic (exact) mass is 182 g/mol. The zero-order valence-corrected chi connectivity index (χ0v) is 8.06. The molecule has 1 heterocycles. The number of aldehydes is 1. The summed E-state index contributed by atoms with van der Waals surface area (Å²) in [6, 6.07) is 1.78. The van der Waals surface area contributed by atoms with Gasteiger partial charge in [-0.2, -0.15) is 5.10 Å². The summed E-state index contributed by atoms with van der Waals surface area (Å²) in [5.74, 6) is 0. The predicted octanol–water partition coefficient (Wildman–Crippen LogP) is 0.870. The molecule has 0 aliphatic rings. The molecule has 0 saturated heterocycles. The van der Waals surface area contributed by atoms with Crippen LogP contribution in [0.5, 0.6) is 0 Å². The zero-order chi connectivity index (χ0) is 10.1. The third-order valence-electron chi connectivity index (χ3n) is 1.91. The molecule has 0 fully saturated rings. The van der Waals surface area contributed by atoms with Gasteiger partial charge in [-0.1, -0.05) is 0 Å². The summed E-state index contributed by atoms with van der Waals surface area (Å²) >= 11 is 0. The van der Waals surface area contributed by atoms with E-state index in [2.05, 4.69) is 5.10 Å². The molecule has 0 saturated carbocycles. The standard InChI is InChI=1S/C9H14N2O2/c1-7(2)11-8(4-5-10-11)9(3,13)6-12/h4-7,13H,1-3H3. The van der Waals surface area contributed by atoms with Crippen molar-refractivity contribution < 1.29 is 9.90 Å². The molecule has 4 nitrogen and oxygen atoms in total. The summed E-state index contributed by atoms with van der Waals surface area (Å²) < 4.78 is 1.63. The molecule has 0 aromatic carbocycles. The van der Waals surface area contributed by atoms with Crippen molar-refractivity contribution >= 4 is 6.29 Å². The number of rotatable bonds is 3. The molecule has 0 aliphatic heterocycles. The Bertz CT molecular complexity index is 302. The lowest BCUT2D eigenvalue weighted by Gasteiger charge is -2.19. The number of hydrogen-bond donors (Lipinski definition) is 1. The van der Waals surface area contributed by atoms with Crippen molar-refractivity contribution in [1.82, 2.24) is 9.78 Å². The molecule has 1 atom stereocenters. The van der Waals surface area contributed by atoms with E-state index >= 15 is 0 Å². The van der Waals surface area contributed by atoms with Crippen LogP contribution in [0.15, 0.2) is 12.3 Å². The Hall–Kier alpha value is -1.16. The lowest BCUT2D eigenvalue weighted by Crippen LogP contribution is -2.27. The third-order valence-corrected chi connectivity index (χ3v) is 1.91. The first kappa shape index (κ1) is 9.92. The molecule has 0 bridgehead atoms. The number of aromatic nitrogens is 2. The van der Waals surface area contributed by atoms with Crippen molar-refractivity contribution in [3.63, 3.8) is 0 Å². The van der Waals surface area contributed by atoms with Gasteiger partial charge in [0.1, 0.15) is 0 Å². The Morgan fingerprint density at radius 2 is 2.31 bits per heavy atom. The van der Waals surface area contributed by atoms with Crippen molar-refractivity contribution in [1.29, 1.82) is 0 Å². The minimum Gasteiger partial charge on any atom is -0.376 e. The highest BCUT2D eigenvalue weighted by Crippen LogP contribution is 2.20. The van der Waals surface area contributed by atoms with Crippen molar-refractivity contribution in [2.45, 2.75) is 32.4 Å². The lowest BCUT2D eigenvalue weighted by atomic mass is 10.0. The second kappa shape index (κ2) is 3.30. The summed E-state index contributed by atoms with van der Waals surface area (Å²) in [4.78, 5) is 10.6. The summed E-state index contributed by atoms with van der Waals surface area (Å²) in [6.45, 7) is 5.34. The van der Waals surface area contributed by atoms with E-state index in [0.717, 1.165) is 0 Å². The first-order valence-corrected chi connectivity index (χ1v) is 4.21. The quantitative estimate of drug-likeness (QED) is 0.706. The average Bonchev–Trinajstić information content (AvgIpc) is 2.52. The van der Waals surface area contributed by atoms with Crippen LogP contribution in [0.3, 0.4) is 0 Å². The number of nitrogens with zero attached hydrogens (tertiary/aromatic N) is 2. The number of carbonyl (C=O) groups excluding carboxylic acids is 1. The van der Waals surface area contributed by atoms with Crippen LogP contribution in [0.2, 0.25) is 0 Å². The van der Waals surface area contributed by atoms with E-state index in [0.29, 0.717) is 12.0 Å². The largest absolute Gasteiger partial charge is 0.376 e. The highest BCUT2D eigenvalue weighted by molar-refractivity contribution is 5.63. The molecule has 0 aliphatic carbocycles. The van der Waals surface area contributed by atoms with Crippen LogP contribution in [-0.4, -0.2) is 21.2 Å². The molecule has 1 rings (SSSR count). The Labute approximate surface area is 77.2 Å². The Morgan fingerprint density at radius 3 is 2.77 bits per heavy atom.